The molecular formula is C16H9BrN2O4. The summed E-state index contributed by atoms with van der Waals surface area (Å²) in [6, 6.07) is 13.3. The van der Waals surface area contributed by atoms with Crippen LogP contribution in [0.5, 0.6) is 0 Å². The van der Waals surface area contributed by atoms with E-state index in [0.717, 1.165) is 4.47 Å². The van der Waals surface area contributed by atoms with Gasteiger partial charge in [0, 0.05) is 16.1 Å². The topological polar surface area (TPSA) is 81.8 Å². The number of cyclic esters (lactones) is 1. The monoisotopic (exact) mass is 372 g/mol. The zero-order valence-corrected chi connectivity index (χ0v) is 13.2. The van der Waals surface area contributed by atoms with Crippen molar-refractivity contribution < 1.29 is 14.5 Å². The number of para-hydroxylation sites is 1. The third-order valence-electron chi connectivity index (χ3n) is 3.12. The minimum atomic E-state index is -0.641. The smallest absolute Gasteiger partial charge is 0.363 e. The van der Waals surface area contributed by atoms with Crippen molar-refractivity contribution in [1.29, 1.82) is 0 Å². The molecule has 0 unspecified atom stereocenters. The number of nitrogens with zero attached hydrogens (tertiary/aromatic N) is 2. The molecule has 0 fully saturated rings. The first kappa shape index (κ1) is 15.1. The number of rotatable bonds is 3. The number of carbonyl (C=O) groups is 1. The highest BCUT2D eigenvalue weighted by molar-refractivity contribution is 9.10. The second kappa shape index (κ2) is 6.13. The van der Waals surface area contributed by atoms with E-state index in [1.54, 1.807) is 36.4 Å². The van der Waals surface area contributed by atoms with Gasteiger partial charge in [0.05, 0.1) is 10.5 Å². The Labute approximate surface area is 139 Å². The SMILES string of the molecule is O=C1OC(c2cccc(Br)c2)=N/C1=C\c1ccccc1[N+](=O)[O-]. The molecule has 0 atom stereocenters. The maximum Gasteiger partial charge on any atom is 0.363 e. The summed E-state index contributed by atoms with van der Waals surface area (Å²) in [6.45, 7) is 0. The highest BCUT2D eigenvalue weighted by atomic mass is 79.9. The minimum Gasteiger partial charge on any atom is -0.402 e. The van der Waals surface area contributed by atoms with E-state index in [-0.39, 0.29) is 17.3 Å². The highest BCUT2D eigenvalue weighted by Gasteiger charge is 2.25. The van der Waals surface area contributed by atoms with Crippen molar-refractivity contribution in [2.75, 3.05) is 0 Å². The maximum atomic E-state index is 11.9. The van der Waals surface area contributed by atoms with Crippen molar-refractivity contribution in [3.63, 3.8) is 0 Å². The number of ether oxygens (including phenoxy) is 1. The third kappa shape index (κ3) is 3.19. The summed E-state index contributed by atoms with van der Waals surface area (Å²) in [5.74, 6) is -0.473. The van der Waals surface area contributed by atoms with Gasteiger partial charge in [-0.05, 0) is 30.3 Å². The molecule has 2 aromatic rings. The van der Waals surface area contributed by atoms with Gasteiger partial charge < -0.3 is 4.74 Å². The molecular weight excluding hydrogens is 364 g/mol. The number of nitro benzene ring substituents is 1. The Morgan fingerprint density at radius 1 is 1.17 bits per heavy atom. The number of aliphatic imine (C=N–C) groups is 1. The first-order valence-electron chi connectivity index (χ1n) is 6.56. The average Bonchev–Trinajstić information content (AvgIpc) is 2.89. The molecule has 1 aliphatic heterocycles. The molecule has 0 saturated heterocycles. The van der Waals surface area contributed by atoms with Crippen molar-refractivity contribution >= 4 is 39.6 Å². The lowest BCUT2D eigenvalue weighted by Crippen LogP contribution is -2.05. The predicted molar refractivity (Wildman–Crippen MR) is 87.8 cm³/mol. The largest absolute Gasteiger partial charge is 0.402 e. The Kier molecular flexibility index (Phi) is 4.03. The van der Waals surface area contributed by atoms with E-state index in [0.29, 0.717) is 11.1 Å². The summed E-state index contributed by atoms with van der Waals surface area (Å²) in [7, 11) is 0. The second-order valence-corrected chi connectivity index (χ2v) is 5.58. The van der Waals surface area contributed by atoms with Crippen LogP contribution in [0.4, 0.5) is 5.69 Å². The Morgan fingerprint density at radius 3 is 2.70 bits per heavy atom. The van der Waals surface area contributed by atoms with E-state index >= 15 is 0 Å². The van der Waals surface area contributed by atoms with E-state index in [1.807, 2.05) is 6.07 Å². The fourth-order valence-corrected chi connectivity index (χ4v) is 2.48. The lowest BCUT2D eigenvalue weighted by molar-refractivity contribution is -0.385. The Morgan fingerprint density at radius 2 is 1.96 bits per heavy atom. The van der Waals surface area contributed by atoms with E-state index in [1.165, 1.54) is 12.1 Å². The van der Waals surface area contributed by atoms with Crippen LogP contribution >= 0.6 is 15.9 Å². The van der Waals surface area contributed by atoms with Gasteiger partial charge >= 0.3 is 5.97 Å². The minimum absolute atomic E-state index is 0.0225. The molecule has 114 valence electrons. The van der Waals surface area contributed by atoms with E-state index in [9.17, 15) is 14.9 Å². The Hall–Kier alpha value is -2.80. The van der Waals surface area contributed by atoms with Crippen LogP contribution in [-0.4, -0.2) is 16.8 Å². The number of esters is 1. The fourth-order valence-electron chi connectivity index (χ4n) is 2.08. The van der Waals surface area contributed by atoms with Crippen molar-refractivity contribution in [2.24, 2.45) is 4.99 Å². The summed E-state index contributed by atoms with van der Waals surface area (Å²) in [5.41, 5.74) is 0.857. The molecule has 0 bridgehead atoms. The van der Waals surface area contributed by atoms with Gasteiger partial charge in [-0.3, -0.25) is 10.1 Å². The van der Waals surface area contributed by atoms with E-state index in [2.05, 4.69) is 20.9 Å². The standard InChI is InChI=1S/C16H9BrN2O4/c17-12-6-3-5-11(8-12)15-18-13(16(20)23-15)9-10-4-1-2-7-14(10)19(21)22/h1-9H/b13-9-. The van der Waals surface area contributed by atoms with Gasteiger partial charge in [-0.25, -0.2) is 9.79 Å². The quantitative estimate of drug-likeness (QED) is 0.356. The molecule has 2 aromatic carbocycles. The van der Waals surface area contributed by atoms with Crippen LogP contribution in [-0.2, 0) is 9.53 Å². The van der Waals surface area contributed by atoms with Crippen molar-refractivity contribution in [3.8, 4) is 0 Å². The molecule has 0 saturated carbocycles. The summed E-state index contributed by atoms with van der Waals surface area (Å²) < 4.78 is 5.96. The summed E-state index contributed by atoms with van der Waals surface area (Å²) in [6.07, 6.45) is 1.35. The van der Waals surface area contributed by atoms with Crippen LogP contribution in [0.2, 0.25) is 0 Å². The predicted octanol–water partition coefficient (Wildman–Crippen LogP) is 3.70. The van der Waals surface area contributed by atoms with Gasteiger partial charge in [0.25, 0.3) is 5.69 Å². The molecule has 1 heterocycles. The number of hydrogen-bond donors (Lipinski definition) is 0. The first-order chi connectivity index (χ1) is 11.0. The molecule has 6 nitrogen and oxygen atoms in total. The van der Waals surface area contributed by atoms with Gasteiger partial charge in [-0.1, -0.05) is 34.1 Å². The zero-order valence-electron chi connectivity index (χ0n) is 11.6. The number of halogens is 1. The maximum absolute atomic E-state index is 11.9. The van der Waals surface area contributed by atoms with Crippen LogP contribution < -0.4 is 0 Å². The highest BCUT2D eigenvalue weighted by Crippen LogP contribution is 2.25. The van der Waals surface area contributed by atoms with E-state index < -0.39 is 10.9 Å². The Balaban J connectivity index is 2.01. The molecule has 0 amide bonds. The van der Waals surface area contributed by atoms with Crippen LogP contribution in [0.15, 0.2) is 63.7 Å². The van der Waals surface area contributed by atoms with E-state index in [4.69, 9.17) is 4.74 Å². The van der Waals surface area contributed by atoms with Crippen LogP contribution in [0.25, 0.3) is 6.08 Å². The summed E-state index contributed by atoms with van der Waals surface area (Å²) >= 11 is 3.33. The third-order valence-corrected chi connectivity index (χ3v) is 3.61. The molecule has 0 aromatic heterocycles. The first-order valence-corrected chi connectivity index (χ1v) is 7.36. The molecule has 1 aliphatic rings. The number of nitro groups is 1. The van der Waals surface area contributed by atoms with Crippen LogP contribution in [0.1, 0.15) is 11.1 Å². The van der Waals surface area contributed by atoms with Crippen LogP contribution in [0, 0.1) is 10.1 Å². The van der Waals surface area contributed by atoms with Crippen molar-refractivity contribution in [2.45, 2.75) is 0 Å². The average molecular weight is 373 g/mol. The van der Waals surface area contributed by atoms with Gasteiger partial charge in [-0.15, -0.1) is 0 Å². The number of hydrogen-bond acceptors (Lipinski definition) is 5. The second-order valence-electron chi connectivity index (χ2n) is 4.66. The molecule has 7 heteroatoms. The van der Waals surface area contributed by atoms with Gasteiger partial charge in [0.2, 0.25) is 5.90 Å². The summed E-state index contributed by atoms with van der Waals surface area (Å²) in [5, 5.41) is 11.0. The normalized spacial score (nSPS) is 15.4. The lowest BCUT2D eigenvalue weighted by atomic mass is 10.1. The lowest BCUT2D eigenvalue weighted by Gasteiger charge is -1.99. The summed E-state index contributed by atoms with van der Waals surface area (Å²) in [4.78, 5) is 26.6. The van der Waals surface area contributed by atoms with Gasteiger partial charge in [0.15, 0.2) is 5.70 Å². The van der Waals surface area contributed by atoms with Gasteiger partial charge in [-0.2, -0.15) is 0 Å². The molecule has 0 N–H and O–H groups in total. The molecule has 0 spiro atoms. The zero-order chi connectivity index (χ0) is 16.4. The van der Waals surface area contributed by atoms with Crippen LogP contribution in [0.3, 0.4) is 0 Å². The van der Waals surface area contributed by atoms with Crippen molar-refractivity contribution in [3.05, 3.63) is 79.9 Å². The number of benzene rings is 2. The molecule has 0 radical (unpaired) electrons. The number of carbonyl (C=O) groups excluding carboxylic acids is 1. The molecule has 0 aliphatic carbocycles. The molecule has 3 rings (SSSR count). The Bertz CT molecular complexity index is 874. The van der Waals surface area contributed by atoms with Gasteiger partial charge in [0.1, 0.15) is 0 Å². The van der Waals surface area contributed by atoms with Crippen molar-refractivity contribution in [1.82, 2.24) is 0 Å². The fraction of sp³-hybridized carbons (Fsp3) is 0. The molecule has 23 heavy (non-hydrogen) atoms.